The van der Waals surface area contributed by atoms with E-state index in [-0.39, 0.29) is 41.0 Å². The minimum Gasteiger partial charge on any atom is -0.506 e. The molecule has 12 heteroatoms. The lowest BCUT2D eigenvalue weighted by Crippen LogP contribution is -2.58. The molecule has 1 spiro atoms. The zero-order chi connectivity index (χ0) is 34.9. The number of H-pyrrole nitrogens is 1. The standard InChI is InChI=1S/C37H46FN5O5S/c1-23(2)34-40-28(20-49-34)35(47)43-16-17-48-37(22-43)12-14-42(15-13-37)19-24-6-5-7-27(32(24)38)36(3,4)21-39-18-30(45)25-8-10-29(44)33-26(25)9-11-31(46)41-33/h5-11,20,23,30,39,44-45H,12-19,21-22H2,1-4H3,(H,41,46)/t30-/m0/s1. The Morgan fingerprint density at radius 2 is 1.94 bits per heavy atom. The molecule has 2 aliphatic rings. The predicted molar refractivity (Wildman–Crippen MR) is 189 cm³/mol. The second-order valence-electron chi connectivity index (χ2n) is 14.4. The van der Waals surface area contributed by atoms with Crippen LogP contribution in [-0.2, 0) is 16.7 Å². The molecule has 6 rings (SSSR count). The van der Waals surface area contributed by atoms with Gasteiger partial charge in [-0.05, 0) is 36.1 Å². The van der Waals surface area contributed by atoms with Crippen LogP contribution < -0.4 is 10.9 Å². The summed E-state index contributed by atoms with van der Waals surface area (Å²) in [7, 11) is 0. The summed E-state index contributed by atoms with van der Waals surface area (Å²) in [5.74, 6) is -0.0393. The van der Waals surface area contributed by atoms with Gasteiger partial charge in [-0.3, -0.25) is 14.5 Å². The summed E-state index contributed by atoms with van der Waals surface area (Å²) in [4.78, 5) is 36.4. The van der Waals surface area contributed by atoms with Gasteiger partial charge in [-0.1, -0.05) is 52.0 Å². The van der Waals surface area contributed by atoms with Crippen molar-refractivity contribution in [2.75, 3.05) is 45.9 Å². The highest BCUT2D eigenvalue weighted by Crippen LogP contribution is 2.34. The summed E-state index contributed by atoms with van der Waals surface area (Å²) < 4.78 is 22.4. The minimum absolute atomic E-state index is 0.0369. The lowest BCUT2D eigenvalue weighted by Gasteiger charge is -2.47. The smallest absolute Gasteiger partial charge is 0.273 e. The number of hydrogen-bond donors (Lipinski definition) is 4. The number of likely N-dealkylation sites (tertiary alicyclic amines) is 1. The molecule has 1 amide bonds. The molecule has 4 aromatic rings. The Labute approximate surface area is 289 Å². The number of fused-ring (bicyclic) bond motifs is 1. The summed E-state index contributed by atoms with van der Waals surface area (Å²) in [6, 6.07) is 11.6. The molecule has 0 unspecified atom stereocenters. The number of carbonyl (C=O) groups is 1. The van der Waals surface area contributed by atoms with Gasteiger partial charge >= 0.3 is 0 Å². The molecule has 1 atom stereocenters. The van der Waals surface area contributed by atoms with E-state index in [0.29, 0.717) is 60.6 Å². The fourth-order valence-corrected chi connectivity index (χ4v) is 7.80. The molecular weight excluding hydrogens is 646 g/mol. The van der Waals surface area contributed by atoms with E-state index in [1.165, 1.54) is 23.5 Å². The molecule has 49 heavy (non-hydrogen) atoms. The van der Waals surface area contributed by atoms with Crippen LogP contribution in [0.5, 0.6) is 5.75 Å². The molecule has 262 valence electrons. The Bertz CT molecular complexity index is 1870. The maximum atomic E-state index is 16.1. The first-order valence-corrected chi connectivity index (χ1v) is 17.9. The first-order chi connectivity index (χ1) is 23.4. The summed E-state index contributed by atoms with van der Waals surface area (Å²) in [6.07, 6.45) is 0.611. The quantitative estimate of drug-likeness (QED) is 0.182. The first kappa shape index (κ1) is 35.2. The van der Waals surface area contributed by atoms with Crippen molar-refractivity contribution in [1.29, 1.82) is 0 Å². The summed E-state index contributed by atoms with van der Waals surface area (Å²) >= 11 is 1.53. The highest BCUT2D eigenvalue weighted by Gasteiger charge is 2.41. The van der Waals surface area contributed by atoms with Crippen molar-refractivity contribution in [3.05, 3.63) is 91.4 Å². The fraction of sp³-hybridized carbons (Fsp3) is 0.486. The minimum atomic E-state index is -0.910. The van der Waals surface area contributed by atoms with Gasteiger partial charge < -0.3 is 30.2 Å². The zero-order valence-corrected chi connectivity index (χ0v) is 29.4. The number of phenols is 1. The van der Waals surface area contributed by atoms with Crippen LogP contribution in [0.2, 0.25) is 0 Å². The van der Waals surface area contributed by atoms with Crippen LogP contribution in [0.1, 0.15) is 84.7 Å². The number of halogens is 1. The van der Waals surface area contributed by atoms with E-state index in [1.54, 1.807) is 12.1 Å². The number of amides is 1. The lowest BCUT2D eigenvalue weighted by molar-refractivity contribution is -0.128. The zero-order valence-electron chi connectivity index (χ0n) is 28.6. The monoisotopic (exact) mass is 691 g/mol. The molecule has 10 nitrogen and oxygen atoms in total. The number of hydrogen-bond acceptors (Lipinski definition) is 9. The summed E-state index contributed by atoms with van der Waals surface area (Å²) in [5, 5.41) is 27.8. The number of morpholine rings is 1. The number of benzene rings is 2. The number of aliphatic hydroxyl groups excluding tert-OH is 1. The molecule has 2 saturated heterocycles. The average Bonchev–Trinajstić information content (AvgIpc) is 3.58. The van der Waals surface area contributed by atoms with Crippen LogP contribution >= 0.6 is 11.3 Å². The fourth-order valence-electron chi connectivity index (χ4n) is 6.99. The van der Waals surface area contributed by atoms with Gasteiger partial charge in [-0.15, -0.1) is 11.3 Å². The largest absolute Gasteiger partial charge is 0.506 e. The second-order valence-corrected chi connectivity index (χ2v) is 15.2. The van der Waals surface area contributed by atoms with Crippen molar-refractivity contribution in [3.63, 3.8) is 0 Å². The molecule has 0 radical (unpaired) electrons. The van der Waals surface area contributed by atoms with E-state index in [2.05, 4.69) is 34.0 Å². The van der Waals surface area contributed by atoms with Gasteiger partial charge in [0.15, 0.2) is 0 Å². The van der Waals surface area contributed by atoms with Gasteiger partial charge in [0.1, 0.15) is 17.3 Å². The van der Waals surface area contributed by atoms with E-state index in [9.17, 15) is 19.8 Å². The van der Waals surface area contributed by atoms with Crippen LogP contribution in [0.25, 0.3) is 10.9 Å². The number of aliphatic hydroxyl groups is 1. The van der Waals surface area contributed by atoms with E-state index in [0.717, 1.165) is 30.9 Å². The molecule has 0 bridgehead atoms. The van der Waals surface area contributed by atoms with E-state index >= 15 is 4.39 Å². The maximum Gasteiger partial charge on any atom is 0.273 e. The Morgan fingerprint density at radius 3 is 2.67 bits per heavy atom. The molecular formula is C37H46FN5O5S. The number of pyridine rings is 1. The third-order valence-corrected chi connectivity index (χ3v) is 11.1. The van der Waals surface area contributed by atoms with Crippen molar-refractivity contribution in [1.82, 2.24) is 25.1 Å². The number of thiazole rings is 1. The van der Waals surface area contributed by atoms with Crippen molar-refractivity contribution in [2.24, 2.45) is 0 Å². The van der Waals surface area contributed by atoms with Crippen LogP contribution in [0.3, 0.4) is 0 Å². The number of rotatable bonds is 10. The number of aromatic nitrogens is 2. The van der Waals surface area contributed by atoms with Crippen LogP contribution in [-0.4, -0.2) is 87.4 Å². The molecule has 2 aromatic heterocycles. The molecule has 4 heterocycles. The Hall–Kier alpha value is -3.68. The van der Waals surface area contributed by atoms with Gasteiger partial charge in [0.2, 0.25) is 5.56 Å². The predicted octanol–water partition coefficient (Wildman–Crippen LogP) is 5.06. The average molecular weight is 692 g/mol. The molecule has 2 aliphatic heterocycles. The Balaban J connectivity index is 1.04. The Kier molecular flexibility index (Phi) is 10.2. The van der Waals surface area contributed by atoms with Crippen LogP contribution in [0.15, 0.2) is 52.6 Å². The second kappa shape index (κ2) is 14.3. The highest BCUT2D eigenvalue weighted by molar-refractivity contribution is 7.09. The van der Waals surface area contributed by atoms with Crippen molar-refractivity contribution < 1.29 is 24.1 Å². The van der Waals surface area contributed by atoms with Crippen molar-refractivity contribution in [3.8, 4) is 5.75 Å². The topological polar surface area (TPSA) is 131 Å². The van der Waals surface area contributed by atoms with Crippen LogP contribution in [0, 0.1) is 5.82 Å². The number of nitrogens with zero attached hydrogens (tertiary/aromatic N) is 3. The first-order valence-electron chi connectivity index (χ1n) is 17.0. The third kappa shape index (κ3) is 7.58. The number of aromatic hydroxyl groups is 1. The number of carbonyl (C=O) groups excluding carboxylic acids is 1. The number of piperidine rings is 1. The number of phenolic OH excluding ortho intramolecular Hbond substituents is 1. The molecule has 0 aliphatic carbocycles. The summed E-state index contributed by atoms with van der Waals surface area (Å²) in [5.41, 5.74) is 1.28. The summed E-state index contributed by atoms with van der Waals surface area (Å²) in [6.45, 7) is 12.3. The number of aromatic amines is 1. The SMILES string of the molecule is CC(C)c1nc(C(=O)N2CCOC3(CCN(Cc4cccc(C(C)(C)CNC[C@H](O)c5ccc(O)c6[nH]c(=O)ccc56)c4F)CC3)C2)cs1. The van der Waals surface area contributed by atoms with Crippen LogP contribution in [0.4, 0.5) is 4.39 Å². The number of ether oxygens (including phenoxy) is 1. The van der Waals surface area contributed by atoms with Gasteiger partial charge in [-0.2, -0.15) is 0 Å². The van der Waals surface area contributed by atoms with Crippen molar-refractivity contribution in [2.45, 2.75) is 70.1 Å². The molecule has 0 saturated carbocycles. The molecule has 2 fully saturated rings. The lowest BCUT2D eigenvalue weighted by atomic mass is 9.83. The van der Waals surface area contributed by atoms with Gasteiger partial charge in [0.05, 0.1) is 35.4 Å². The molecule has 4 N–H and O–H groups in total. The number of nitrogens with one attached hydrogen (secondary N) is 2. The Morgan fingerprint density at radius 1 is 1.16 bits per heavy atom. The van der Waals surface area contributed by atoms with Gasteiger partial charge in [-0.25, -0.2) is 9.37 Å². The maximum absolute atomic E-state index is 16.1. The van der Waals surface area contributed by atoms with Gasteiger partial charge in [0, 0.05) is 73.0 Å². The van der Waals surface area contributed by atoms with Gasteiger partial charge in [0.25, 0.3) is 5.91 Å². The van der Waals surface area contributed by atoms with E-state index < -0.39 is 17.1 Å². The third-order valence-electron chi connectivity index (χ3n) is 9.91. The highest BCUT2D eigenvalue weighted by atomic mass is 32.1. The molecule has 2 aromatic carbocycles. The normalized spacial score (nSPS) is 17.7. The van der Waals surface area contributed by atoms with E-state index in [1.807, 2.05) is 42.3 Å². The van der Waals surface area contributed by atoms with E-state index in [4.69, 9.17) is 4.74 Å². The van der Waals surface area contributed by atoms with Crippen molar-refractivity contribution >= 4 is 28.1 Å².